The summed E-state index contributed by atoms with van der Waals surface area (Å²) in [6, 6.07) is 4.14. The molecule has 0 atom stereocenters. The molecule has 0 spiro atoms. The van der Waals surface area contributed by atoms with Crippen LogP contribution in [0.5, 0.6) is 0 Å². The van der Waals surface area contributed by atoms with Crippen molar-refractivity contribution in [2.45, 2.75) is 38.8 Å². The lowest BCUT2D eigenvalue weighted by Crippen LogP contribution is -2.08. The van der Waals surface area contributed by atoms with Gasteiger partial charge in [0.05, 0.1) is 23.4 Å². The molecule has 2 rings (SSSR count). The summed E-state index contributed by atoms with van der Waals surface area (Å²) in [6.45, 7) is 6.73. The van der Waals surface area contributed by atoms with Crippen LogP contribution in [0.3, 0.4) is 0 Å². The molecule has 0 fully saturated rings. The molecule has 1 aromatic heterocycles. The number of aromatic nitrogens is 2. The van der Waals surface area contributed by atoms with E-state index in [-0.39, 0.29) is 18.4 Å². The number of rotatable bonds is 6. The van der Waals surface area contributed by atoms with E-state index in [1.54, 1.807) is 0 Å². The average molecular weight is 329 g/mol. The van der Waals surface area contributed by atoms with Crippen LogP contribution < -0.4 is 0 Å². The van der Waals surface area contributed by atoms with Gasteiger partial charge in [-0.15, -0.1) is 12.4 Å². The maximum absolute atomic E-state index is 11.5. The number of benzene rings is 1. The molecule has 0 aliphatic heterocycles. The fourth-order valence-electron chi connectivity index (χ4n) is 1.81. The molecule has 116 valence electrons. The zero-order valence-electron chi connectivity index (χ0n) is 12.6. The number of ether oxygens (including phenoxy) is 1. The molecular weight excluding hydrogens is 308 g/mol. The smallest absolute Gasteiger partial charge is 0.316 e. The number of nitrogens with one attached hydrogen (secondary N) is 1. The third-order valence-electron chi connectivity index (χ3n) is 3.16. The van der Waals surface area contributed by atoms with Crippen molar-refractivity contribution < 1.29 is 9.53 Å². The Balaban J connectivity index is 0.00000220. The average Bonchev–Trinajstić information content (AvgIpc) is 2.79. The van der Waals surface area contributed by atoms with E-state index in [2.05, 4.69) is 42.9 Å². The Hall–Kier alpha value is -1.20. The summed E-state index contributed by atoms with van der Waals surface area (Å²) in [4.78, 5) is 19.2. The topological polar surface area (TPSA) is 55.0 Å². The first kappa shape index (κ1) is 17.9. The van der Waals surface area contributed by atoms with Crippen LogP contribution in [0.25, 0.3) is 11.0 Å². The van der Waals surface area contributed by atoms with E-state index < -0.39 is 0 Å². The lowest BCUT2D eigenvalue weighted by Gasteiger charge is -2.01. The molecule has 2 aromatic rings. The highest BCUT2D eigenvalue weighted by atomic mass is 35.5. The van der Waals surface area contributed by atoms with Crippen LogP contribution >= 0.6 is 24.2 Å². The summed E-state index contributed by atoms with van der Waals surface area (Å²) in [6.07, 6.45) is 1.95. The Morgan fingerprint density at radius 3 is 2.76 bits per heavy atom. The van der Waals surface area contributed by atoms with Crippen LogP contribution in [-0.2, 0) is 9.53 Å². The van der Waals surface area contributed by atoms with E-state index in [1.807, 2.05) is 0 Å². The Bertz CT molecular complexity index is 574. The molecule has 0 aliphatic carbocycles. The van der Waals surface area contributed by atoms with Crippen molar-refractivity contribution in [1.29, 1.82) is 0 Å². The van der Waals surface area contributed by atoms with E-state index in [1.165, 1.54) is 22.9 Å². The van der Waals surface area contributed by atoms with Crippen LogP contribution in [0.1, 0.15) is 30.9 Å². The molecule has 4 nitrogen and oxygen atoms in total. The van der Waals surface area contributed by atoms with Gasteiger partial charge in [-0.1, -0.05) is 25.1 Å². The number of halogens is 1. The number of aromatic amines is 1. The second kappa shape index (κ2) is 8.29. The number of imidazole rings is 1. The number of fused-ring (bicyclic) bond motifs is 1. The molecular formula is C15H21ClN2O2S. The molecule has 0 saturated carbocycles. The first-order chi connectivity index (χ1) is 9.60. The molecule has 0 unspecified atom stereocenters. The lowest BCUT2D eigenvalue weighted by molar-refractivity contribution is -0.140. The Morgan fingerprint density at radius 1 is 1.33 bits per heavy atom. The van der Waals surface area contributed by atoms with E-state index in [0.29, 0.717) is 12.4 Å². The van der Waals surface area contributed by atoms with E-state index in [9.17, 15) is 4.79 Å². The third kappa shape index (κ3) is 4.93. The van der Waals surface area contributed by atoms with Crippen molar-refractivity contribution in [2.75, 3.05) is 12.4 Å². The van der Waals surface area contributed by atoms with Gasteiger partial charge in [-0.2, -0.15) is 0 Å². The molecule has 0 saturated heterocycles. The number of aryl methyl sites for hydroxylation is 2. The number of thioether (sulfide) groups is 1. The highest BCUT2D eigenvalue weighted by Crippen LogP contribution is 2.22. The van der Waals surface area contributed by atoms with Gasteiger partial charge >= 0.3 is 5.97 Å². The zero-order chi connectivity index (χ0) is 14.5. The molecule has 21 heavy (non-hydrogen) atoms. The van der Waals surface area contributed by atoms with Gasteiger partial charge in [-0.25, -0.2) is 4.98 Å². The molecule has 0 radical (unpaired) electrons. The van der Waals surface area contributed by atoms with Crippen LogP contribution in [0, 0.1) is 13.8 Å². The number of esters is 1. The van der Waals surface area contributed by atoms with Crippen LogP contribution in [0.2, 0.25) is 0 Å². The summed E-state index contributed by atoms with van der Waals surface area (Å²) in [5, 5.41) is 0.762. The van der Waals surface area contributed by atoms with Crippen LogP contribution in [0.4, 0.5) is 0 Å². The molecule has 1 heterocycles. The molecule has 1 N–H and O–H groups in total. The van der Waals surface area contributed by atoms with Gasteiger partial charge in [-0.3, -0.25) is 4.79 Å². The van der Waals surface area contributed by atoms with Gasteiger partial charge in [0, 0.05) is 0 Å². The number of carbonyl (C=O) groups is 1. The maximum Gasteiger partial charge on any atom is 0.316 e. The van der Waals surface area contributed by atoms with Crippen molar-refractivity contribution in [1.82, 2.24) is 9.97 Å². The maximum atomic E-state index is 11.5. The summed E-state index contributed by atoms with van der Waals surface area (Å²) in [5.41, 5.74) is 4.40. The Kier molecular flexibility index (Phi) is 7.05. The summed E-state index contributed by atoms with van der Waals surface area (Å²) in [7, 11) is 0. The first-order valence-electron chi connectivity index (χ1n) is 6.85. The van der Waals surface area contributed by atoms with Gasteiger partial charge < -0.3 is 9.72 Å². The monoisotopic (exact) mass is 328 g/mol. The summed E-state index contributed by atoms with van der Waals surface area (Å²) in [5.74, 6) is 0.109. The predicted octanol–water partition coefficient (Wildman–Crippen LogP) is 4.04. The van der Waals surface area contributed by atoms with E-state index in [0.717, 1.165) is 29.0 Å². The van der Waals surface area contributed by atoms with Crippen molar-refractivity contribution in [2.24, 2.45) is 0 Å². The second-order valence-corrected chi connectivity index (χ2v) is 5.82. The quantitative estimate of drug-likeness (QED) is 0.494. The number of carbonyl (C=O) groups excluding carboxylic acids is 1. The minimum Gasteiger partial charge on any atom is -0.465 e. The minimum absolute atomic E-state index is 0. The molecule has 6 heteroatoms. The van der Waals surface area contributed by atoms with Gasteiger partial charge in [-0.05, 0) is 43.5 Å². The van der Waals surface area contributed by atoms with Gasteiger partial charge in [0.15, 0.2) is 5.16 Å². The third-order valence-corrected chi connectivity index (χ3v) is 4.01. The largest absolute Gasteiger partial charge is 0.465 e. The molecule has 0 bridgehead atoms. The number of nitrogens with zero attached hydrogens (tertiary/aromatic N) is 1. The molecule has 0 amide bonds. The summed E-state index contributed by atoms with van der Waals surface area (Å²) >= 11 is 1.38. The van der Waals surface area contributed by atoms with Gasteiger partial charge in [0.25, 0.3) is 0 Å². The van der Waals surface area contributed by atoms with Gasteiger partial charge in [0.2, 0.25) is 0 Å². The fraction of sp³-hybridized carbons (Fsp3) is 0.467. The van der Waals surface area contributed by atoms with Gasteiger partial charge in [0.1, 0.15) is 0 Å². The zero-order valence-corrected chi connectivity index (χ0v) is 14.2. The standard InChI is InChI=1S/C15H20N2O2S.ClH/c1-4-5-6-19-14(18)9-20-15-16-12-7-10(2)11(3)8-13(12)17-15;/h7-8H,4-6,9H2,1-3H3,(H,16,17);1H. The first-order valence-corrected chi connectivity index (χ1v) is 7.84. The number of unbranched alkanes of at least 4 members (excludes halogenated alkanes) is 1. The molecule has 0 aliphatic rings. The SMILES string of the molecule is CCCCOC(=O)CSc1nc2cc(C)c(C)cc2[nH]1.Cl. The number of H-pyrrole nitrogens is 1. The highest BCUT2D eigenvalue weighted by molar-refractivity contribution is 7.99. The van der Waals surface area contributed by atoms with Crippen molar-refractivity contribution in [3.05, 3.63) is 23.3 Å². The van der Waals surface area contributed by atoms with Crippen molar-refractivity contribution >= 4 is 41.2 Å². The number of hydrogen-bond donors (Lipinski definition) is 1. The van der Waals surface area contributed by atoms with E-state index in [4.69, 9.17) is 4.74 Å². The lowest BCUT2D eigenvalue weighted by atomic mass is 10.1. The predicted molar refractivity (Wildman–Crippen MR) is 89.4 cm³/mol. The molecule has 1 aromatic carbocycles. The fourth-order valence-corrected chi connectivity index (χ4v) is 2.50. The van der Waals surface area contributed by atoms with Crippen LogP contribution in [-0.4, -0.2) is 28.3 Å². The van der Waals surface area contributed by atoms with Crippen molar-refractivity contribution in [3.8, 4) is 0 Å². The van der Waals surface area contributed by atoms with Crippen LogP contribution in [0.15, 0.2) is 17.3 Å². The minimum atomic E-state index is -0.184. The normalized spacial score (nSPS) is 10.4. The Morgan fingerprint density at radius 2 is 2.05 bits per heavy atom. The van der Waals surface area contributed by atoms with Crippen molar-refractivity contribution in [3.63, 3.8) is 0 Å². The second-order valence-electron chi connectivity index (χ2n) is 4.86. The van der Waals surface area contributed by atoms with E-state index >= 15 is 0 Å². The highest BCUT2D eigenvalue weighted by Gasteiger charge is 2.08. The number of hydrogen-bond acceptors (Lipinski definition) is 4. The summed E-state index contributed by atoms with van der Waals surface area (Å²) < 4.78 is 5.12. The Labute approximate surface area is 135 Å².